The number of carbonyl (C=O) groups is 3. The third kappa shape index (κ3) is 2.73. The summed E-state index contributed by atoms with van der Waals surface area (Å²) in [5.74, 6) is 0.406. The largest absolute Gasteiger partial charge is 0.299 e. The van der Waals surface area contributed by atoms with Crippen LogP contribution in [0.4, 0.5) is 0 Å². The first-order valence-corrected chi connectivity index (χ1v) is 6.44. The zero-order valence-electron chi connectivity index (χ0n) is 10.3. The maximum atomic E-state index is 11.7. The molecule has 2 aliphatic rings. The Kier molecular flexibility index (Phi) is 3.60. The molecule has 0 bridgehead atoms. The van der Waals surface area contributed by atoms with Gasteiger partial charge in [0.05, 0.1) is 0 Å². The van der Waals surface area contributed by atoms with E-state index in [1.54, 1.807) is 0 Å². The lowest BCUT2D eigenvalue weighted by Crippen LogP contribution is -2.43. The number of carbonyl (C=O) groups excluding carboxylic acids is 3. The molecule has 0 N–H and O–H groups in total. The van der Waals surface area contributed by atoms with E-state index in [0.29, 0.717) is 38.0 Å². The molecule has 17 heavy (non-hydrogen) atoms. The van der Waals surface area contributed by atoms with Gasteiger partial charge in [-0.1, -0.05) is 6.92 Å². The van der Waals surface area contributed by atoms with E-state index < -0.39 is 0 Å². The molecule has 0 radical (unpaired) electrons. The monoisotopic (exact) mass is 237 g/mol. The third-order valence-electron chi connectivity index (χ3n) is 3.78. The maximum absolute atomic E-state index is 11.7. The smallest absolute Gasteiger partial charge is 0.229 e. The number of Topliss-reactive ketones (excluding diaryl/α,β-unsaturated/α-hetero) is 1. The lowest BCUT2D eigenvalue weighted by Gasteiger charge is -2.28. The number of likely N-dealkylation sites (tertiary alicyclic amines) is 1. The van der Waals surface area contributed by atoms with E-state index in [1.807, 2.05) is 6.92 Å². The van der Waals surface area contributed by atoms with Gasteiger partial charge in [0.2, 0.25) is 11.8 Å². The molecular weight excluding hydrogens is 218 g/mol. The van der Waals surface area contributed by atoms with Crippen LogP contribution < -0.4 is 0 Å². The van der Waals surface area contributed by atoms with Crippen LogP contribution in [-0.4, -0.2) is 29.0 Å². The predicted octanol–water partition coefficient (Wildman–Crippen LogP) is 1.53. The fourth-order valence-electron chi connectivity index (χ4n) is 2.76. The first kappa shape index (κ1) is 12.3. The van der Waals surface area contributed by atoms with Crippen molar-refractivity contribution in [1.29, 1.82) is 0 Å². The number of rotatable bonds is 3. The summed E-state index contributed by atoms with van der Waals surface area (Å²) in [4.78, 5) is 36.3. The van der Waals surface area contributed by atoms with E-state index in [0.717, 1.165) is 12.8 Å². The topological polar surface area (TPSA) is 54.5 Å². The highest BCUT2D eigenvalue weighted by atomic mass is 16.2. The number of ketones is 1. The van der Waals surface area contributed by atoms with Crippen molar-refractivity contribution >= 4 is 17.6 Å². The van der Waals surface area contributed by atoms with Crippen LogP contribution in [0.2, 0.25) is 0 Å². The number of imide groups is 1. The van der Waals surface area contributed by atoms with E-state index in [1.165, 1.54) is 4.90 Å². The number of hydrogen-bond donors (Lipinski definition) is 0. The van der Waals surface area contributed by atoms with Gasteiger partial charge in [0.1, 0.15) is 5.78 Å². The molecule has 1 aliphatic carbocycles. The highest BCUT2D eigenvalue weighted by Crippen LogP contribution is 2.26. The van der Waals surface area contributed by atoms with Gasteiger partial charge in [0, 0.05) is 31.7 Å². The molecule has 94 valence electrons. The Morgan fingerprint density at radius 3 is 2.35 bits per heavy atom. The van der Waals surface area contributed by atoms with Gasteiger partial charge in [0.25, 0.3) is 0 Å². The van der Waals surface area contributed by atoms with E-state index in [-0.39, 0.29) is 23.7 Å². The molecule has 1 unspecified atom stereocenters. The Hall–Kier alpha value is -1.19. The number of amides is 2. The molecule has 4 nitrogen and oxygen atoms in total. The molecule has 4 heteroatoms. The summed E-state index contributed by atoms with van der Waals surface area (Å²) >= 11 is 0. The molecule has 2 rings (SSSR count). The van der Waals surface area contributed by atoms with Crippen LogP contribution in [0.15, 0.2) is 0 Å². The van der Waals surface area contributed by atoms with E-state index in [2.05, 4.69) is 0 Å². The Balaban J connectivity index is 1.87. The first-order chi connectivity index (χ1) is 8.08. The Bertz CT molecular complexity index is 333. The highest BCUT2D eigenvalue weighted by molar-refractivity contribution is 5.97. The molecular formula is C13H19NO3. The average Bonchev–Trinajstić information content (AvgIpc) is 2.62. The van der Waals surface area contributed by atoms with E-state index in [9.17, 15) is 14.4 Å². The Morgan fingerprint density at radius 1 is 1.18 bits per heavy atom. The van der Waals surface area contributed by atoms with Gasteiger partial charge in [-0.2, -0.15) is 0 Å². The number of nitrogens with zero attached hydrogens (tertiary/aromatic N) is 1. The van der Waals surface area contributed by atoms with E-state index >= 15 is 0 Å². The van der Waals surface area contributed by atoms with Gasteiger partial charge in [-0.15, -0.1) is 0 Å². The lowest BCUT2D eigenvalue weighted by molar-refractivity contribution is -0.150. The zero-order valence-corrected chi connectivity index (χ0v) is 10.3. The second kappa shape index (κ2) is 4.98. The third-order valence-corrected chi connectivity index (χ3v) is 3.78. The molecule has 1 atom stereocenters. The molecule has 2 fully saturated rings. The summed E-state index contributed by atoms with van der Waals surface area (Å²) in [6.07, 6.45) is 4.14. The highest BCUT2D eigenvalue weighted by Gasteiger charge is 2.32. The van der Waals surface area contributed by atoms with Crippen LogP contribution >= 0.6 is 0 Å². The normalized spacial score (nSPS) is 27.0. The Labute approximate surface area is 101 Å². The van der Waals surface area contributed by atoms with Gasteiger partial charge in [0.15, 0.2) is 0 Å². The summed E-state index contributed by atoms with van der Waals surface area (Å²) in [5, 5.41) is 0. The van der Waals surface area contributed by atoms with Gasteiger partial charge in [-0.3, -0.25) is 19.3 Å². The molecule has 1 heterocycles. The second-order valence-corrected chi connectivity index (χ2v) is 5.30. The van der Waals surface area contributed by atoms with Crippen molar-refractivity contribution in [1.82, 2.24) is 4.90 Å². The van der Waals surface area contributed by atoms with Gasteiger partial charge in [-0.25, -0.2) is 0 Å². The van der Waals surface area contributed by atoms with Crippen molar-refractivity contribution in [3.8, 4) is 0 Å². The lowest BCUT2D eigenvalue weighted by atomic mass is 9.96. The first-order valence-electron chi connectivity index (χ1n) is 6.44. The van der Waals surface area contributed by atoms with Crippen LogP contribution in [0.5, 0.6) is 0 Å². The van der Waals surface area contributed by atoms with Gasteiger partial charge >= 0.3 is 0 Å². The predicted molar refractivity (Wildman–Crippen MR) is 62.1 cm³/mol. The SMILES string of the molecule is CC1CC(=O)N(CCC2CCCC2=O)C(=O)C1. The molecule has 1 saturated heterocycles. The summed E-state index contributed by atoms with van der Waals surface area (Å²) < 4.78 is 0. The van der Waals surface area contributed by atoms with Crippen LogP contribution in [0.3, 0.4) is 0 Å². The van der Waals surface area contributed by atoms with Crippen LogP contribution in [0.25, 0.3) is 0 Å². The van der Waals surface area contributed by atoms with Crippen molar-refractivity contribution in [3.05, 3.63) is 0 Å². The standard InChI is InChI=1S/C13H19NO3/c1-9-7-12(16)14(13(17)8-9)6-5-10-3-2-4-11(10)15/h9-10H,2-8H2,1H3. The quantitative estimate of drug-likeness (QED) is 0.699. The van der Waals surface area contributed by atoms with Crippen LogP contribution in [0, 0.1) is 11.8 Å². The molecule has 1 saturated carbocycles. The molecule has 0 spiro atoms. The summed E-state index contributed by atoms with van der Waals surface area (Å²) in [6.45, 7) is 2.36. The van der Waals surface area contributed by atoms with Crippen molar-refractivity contribution in [2.75, 3.05) is 6.54 Å². The van der Waals surface area contributed by atoms with E-state index in [4.69, 9.17) is 0 Å². The molecule has 1 aliphatic heterocycles. The summed E-state index contributed by atoms with van der Waals surface area (Å²) in [7, 11) is 0. The van der Waals surface area contributed by atoms with Crippen molar-refractivity contribution < 1.29 is 14.4 Å². The summed E-state index contributed by atoms with van der Waals surface area (Å²) in [6, 6.07) is 0. The van der Waals surface area contributed by atoms with Crippen molar-refractivity contribution in [3.63, 3.8) is 0 Å². The fraction of sp³-hybridized carbons (Fsp3) is 0.769. The average molecular weight is 237 g/mol. The minimum absolute atomic E-state index is 0.0702. The minimum atomic E-state index is -0.0702. The minimum Gasteiger partial charge on any atom is -0.299 e. The van der Waals surface area contributed by atoms with Gasteiger partial charge in [-0.05, 0) is 25.2 Å². The fourth-order valence-corrected chi connectivity index (χ4v) is 2.76. The molecule has 2 amide bonds. The maximum Gasteiger partial charge on any atom is 0.229 e. The number of piperidine rings is 1. The molecule has 0 aromatic heterocycles. The molecule has 0 aromatic carbocycles. The second-order valence-electron chi connectivity index (χ2n) is 5.30. The van der Waals surface area contributed by atoms with Crippen molar-refractivity contribution in [2.45, 2.75) is 45.4 Å². The van der Waals surface area contributed by atoms with Gasteiger partial charge < -0.3 is 0 Å². The van der Waals surface area contributed by atoms with Crippen LogP contribution in [-0.2, 0) is 14.4 Å². The number of hydrogen-bond acceptors (Lipinski definition) is 3. The van der Waals surface area contributed by atoms with Crippen LogP contribution in [0.1, 0.15) is 45.4 Å². The van der Waals surface area contributed by atoms with Crippen molar-refractivity contribution in [2.24, 2.45) is 11.8 Å². The molecule has 0 aromatic rings. The summed E-state index contributed by atoms with van der Waals surface area (Å²) in [5.41, 5.74) is 0. The Morgan fingerprint density at radius 2 is 1.82 bits per heavy atom. The zero-order chi connectivity index (χ0) is 12.4.